The van der Waals surface area contributed by atoms with E-state index in [-0.39, 0.29) is 5.54 Å². The van der Waals surface area contributed by atoms with Crippen LogP contribution in [0.25, 0.3) is 0 Å². The molecule has 0 atom stereocenters. The van der Waals surface area contributed by atoms with Crippen molar-refractivity contribution in [3.8, 4) is 0 Å². The van der Waals surface area contributed by atoms with Gasteiger partial charge in [-0.3, -0.25) is 0 Å². The summed E-state index contributed by atoms with van der Waals surface area (Å²) >= 11 is 3.39. The van der Waals surface area contributed by atoms with Crippen LogP contribution in [0.5, 0.6) is 0 Å². The average Bonchev–Trinajstić information content (AvgIpc) is 2.60. The van der Waals surface area contributed by atoms with Gasteiger partial charge in [0.25, 0.3) is 0 Å². The third-order valence-corrected chi connectivity index (χ3v) is 2.97. The monoisotopic (exact) mass is 216 g/mol. The Morgan fingerprint density at radius 1 is 1.64 bits per heavy atom. The zero-order valence-electron chi connectivity index (χ0n) is 6.22. The minimum absolute atomic E-state index is 0.222. The molecule has 1 aliphatic rings. The van der Waals surface area contributed by atoms with Crippen LogP contribution in [0.3, 0.4) is 0 Å². The lowest BCUT2D eigenvalue weighted by molar-refractivity contribution is 0.351. The summed E-state index contributed by atoms with van der Waals surface area (Å²) in [4.78, 5) is 0. The first kappa shape index (κ1) is 7.31. The van der Waals surface area contributed by atoms with Crippen molar-refractivity contribution in [1.82, 2.24) is 5.16 Å². The molecule has 0 amide bonds. The highest BCUT2D eigenvalue weighted by molar-refractivity contribution is 9.10. The molecule has 0 bridgehead atoms. The van der Waals surface area contributed by atoms with Crippen molar-refractivity contribution in [2.75, 3.05) is 0 Å². The first-order valence-corrected chi connectivity index (χ1v) is 4.34. The van der Waals surface area contributed by atoms with Gasteiger partial charge in [0, 0.05) is 0 Å². The summed E-state index contributed by atoms with van der Waals surface area (Å²) in [6.45, 7) is 1.89. The molecule has 0 unspecified atom stereocenters. The van der Waals surface area contributed by atoms with E-state index in [1.807, 2.05) is 6.92 Å². The van der Waals surface area contributed by atoms with Crippen molar-refractivity contribution >= 4 is 15.9 Å². The third kappa shape index (κ3) is 1.01. The zero-order chi connectivity index (χ0) is 8.06. The Bertz CT molecular complexity index is 291. The largest absolute Gasteiger partial charge is 0.358 e. The van der Waals surface area contributed by atoms with E-state index in [0.29, 0.717) is 0 Å². The summed E-state index contributed by atoms with van der Waals surface area (Å²) in [7, 11) is 0. The zero-order valence-corrected chi connectivity index (χ0v) is 7.81. The summed E-state index contributed by atoms with van der Waals surface area (Å²) < 4.78 is 6.03. The van der Waals surface area contributed by atoms with Gasteiger partial charge < -0.3 is 10.3 Å². The molecular weight excluding hydrogens is 208 g/mol. The molecule has 2 N–H and O–H groups in total. The Balaban J connectivity index is 2.45. The van der Waals surface area contributed by atoms with Crippen molar-refractivity contribution < 1.29 is 4.52 Å². The highest BCUT2D eigenvalue weighted by Gasteiger charge is 2.45. The normalized spacial score (nSPS) is 20.3. The fourth-order valence-electron chi connectivity index (χ4n) is 1.03. The molecule has 0 saturated heterocycles. The summed E-state index contributed by atoms with van der Waals surface area (Å²) in [5, 5.41) is 3.82. The Labute approximate surface area is 73.1 Å². The van der Waals surface area contributed by atoms with Crippen LogP contribution in [-0.4, -0.2) is 5.16 Å². The van der Waals surface area contributed by atoms with E-state index in [9.17, 15) is 0 Å². The van der Waals surface area contributed by atoms with Crippen LogP contribution in [0.4, 0.5) is 0 Å². The van der Waals surface area contributed by atoms with Gasteiger partial charge in [0.15, 0.2) is 5.76 Å². The quantitative estimate of drug-likeness (QED) is 0.778. The minimum Gasteiger partial charge on any atom is -0.358 e. The Kier molecular flexibility index (Phi) is 1.38. The maximum atomic E-state index is 5.92. The molecule has 1 saturated carbocycles. The van der Waals surface area contributed by atoms with Crippen molar-refractivity contribution in [2.24, 2.45) is 5.73 Å². The summed E-state index contributed by atoms with van der Waals surface area (Å²) in [5.74, 6) is 0.801. The fourth-order valence-corrected chi connectivity index (χ4v) is 1.57. The number of hydrogen-bond donors (Lipinski definition) is 1. The molecule has 0 aliphatic heterocycles. The fraction of sp³-hybridized carbons (Fsp3) is 0.571. The molecule has 1 fully saturated rings. The standard InChI is InChI=1S/C7H9BrN2O/c1-4-5(8)6(11-10-4)7(9)2-3-7/h2-3,9H2,1H3. The van der Waals surface area contributed by atoms with Gasteiger partial charge in [-0.05, 0) is 35.7 Å². The van der Waals surface area contributed by atoms with Gasteiger partial charge in [0.05, 0.1) is 15.7 Å². The molecule has 0 spiro atoms. The number of rotatable bonds is 1. The Morgan fingerprint density at radius 2 is 2.27 bits per heavy atom. The highest BCUT2D eigenvalue weighted by Crippen LogP contribution is 2.46. The molecule has 1 heterocycles. The lowest BCUT2D eigenvalue weighted by Gasteiger charge is -2.01. The van der Waals surface area contributed by atoms with E-state index < -0.39 is 0 Å². The number of nitrogens with two attached hydrogens (primary N) is 1. The average molecular weight is 217 g/mol. The van der Waals surface area contributed by atoms with E-state index in [2.05, 4.69) is 21.1 Å². The summed E-state index contributed by atoms with van der Waals surface area (Å²) in [6, 6.07) is 0. The number of nitrogens with zero attached hydrogens (tertiary/aromatic N) is 1. The van der Waals surface area contributed by atoms with Crippen molar-refractivity contribution in [2.45, 2.75) is 25.3 Å². The van der Waals surface area contributed by atoms with Crippen LogP contribution in [0.1, 0.15) is 24.3 Å². The van der Waals surface area contributed by atoms with Gasteiger partial charge in [0.2, 0.25) is 0 Å². The van der Waals surface area contributed by atoms with Gasteiger partial charge in [-0.15, -0.1) is 0 Å². The summed E-state index contributed by atoms with van der Waals surface area (Å²) in [5.41, 5.74) is 6.57. The topological polar surface area (TPSA) is 52.0 Å². The van der Waals surface area contributed by atoms with Crippen LogP contribution >= 0.6 is 15.9 Å². The Hall–Kier alpha value is -0.350. The van der Waals surface area contributed by atoms with E-state index in [0.717, 1.165) is 28.8 Å². The van der Waals surface area contributed by atoms with E-state index in [1.54, 1.807) is 0 Å². The second-order valence-electron chi connectivity index (χ2n) is 3.07. The van der Waals surface area contributed by atoms with Gasteiger partial charge in [-0.25, -0.2) is 0 Å². The highest BCUT2D eigenvalue weighted by atomic mass is 79.9. The molecular formula is C7H9BrN2O. The molecule has 1 aromatic rings. The van der Waals surface area contributed by atoms with Crippen LogP contribution in [0, 0.1) is 6.92 Å². The van der Waals surface area contributed by atoms with E-state index in [1.165, 1.54) is 0 Å². The molecule has 4 heteroatoms. The predicted octanol–water partition coefficient (Wildman–Crippen LogP) is 1.69. The molecule has 11 heavy (non-hydrogen) atoms. The number of hydrogen-bond acceptors (Lipinski definition) is 3. The first-order valence-electron chi connectivity index (χ1n) is 3.55. The Morgan fingerprint density at radius 3 is 2.64 bits per heavy atom. The minimum atomic E-state index is -0.222. The first-order chi connectivity index (χ1) is 5.13. The number of aryl methyl sites for hydroxylation is 1. The second kappa shape index (κ2) is 2.08. The lowest BCUT2D eigenvalue weighted by Crippen LogP contribution is -2.18. The molecule has 2 rings (SSSR count). The van der Waals surface area contributed by atoms with Gasteiger partial charge in [0.1, 0.15) is 0 Å². The van der Waals surface area contributed by atoms with E-state index in [4.69, 9.17) is 10.3 Å². The molecule has 60 valence electrons. The lowest BCUT2D eigenvalue weighted by atomic mass is 10.2. The van der Waals surface area contributed by atoms with Crippen LogP contribution in [-0.2, 0) is 5.54 Å². The smallest absolute Gasteiger partial charge is 0.170 e. The SMILES string of the molecule is Cc1noc(C2(N)CC2)c1Br. The van der Waals surface area contributed by atoms with Crippen molar-refractivity contribution in [3.05, 3.63) is 15.9 Å². The molecule has 0 aromatic carbocycles. The van der Waals surface area contributed by atoms with Crippen LogP contribution in [0.15, 0.2) is 9.00 Å². The molecule has 1 aliphatic carbocycles. The predicted molar refractivity (Wildman–Crippen MR) is 44.0 cm³/mol. The maximum Gasteiger partial charge on any atom is 0.170 e. The molecule has 1 aromatic heterocycles. The van der Waals surface area contributed by atoms with Gasteiger partial charge in [-0.1, -0.05) is 5.16 Å². The van der Waals surface area contributed by atoms with Gasteiger partial charge in [-0.2, -0.15) is 0 Å². The van der Waals surface area contributed by atoms with Crippen LogP contribution < -0.4 is 5.73 Å². The van der Waals surface area contributed by atoms with E-state index >= 15 is 0 Å². The number of aromatic nitrogens is 1. The molecule has 0 radical (unpaired) electrons. The number of halogens is 1. The van der Waals surface area contributed by atoms with Crippen LogP contribution in [0.2, 0.25) is 0 Å². The van der Waals surface area contributed by atoms with Gasteiger partial charge >= 0.3 is 0 Å². The van der Waals surface area contributed by atoms with Crippen molar-refractivity contribution in [3.63, 3.8) is 0 Å². The maximum absolute atomic E-state index is 5.92. The van der Waals surface area contributed by atoms with Crippen molar-refractivity contribution in [1.29, 1.82) is 0 Å². The molecule has 3 nitrogen and oxygen atoms in total. The third-order valence-electron chi connectivity index (χ3n) is 2.03. The summed E-state index contributed by atoms with van der Waals surface area (Å²) in [6.07, 6.45) is 2.00. The second-order valence-corrected chi connectivity index (χ2v) is 3.86.